The van der Waals surface area contributed by atoms with Gasteiger partial charge in [0.2, 0.25) is 5.91 Å². The fraction of sp³-hybridized carbons (Fsp3) is 0.500. The van der Waals surface area contributed by atoms with Crippen molar-refractivity contribution in [1.29, 1.82) is 0 Å². The van der Waals surface area contributed by atoms with Gasteiger partial charge in [-0.15, -0.1) is 0 Å². The third kappa shape index (κ3) is 7.79. The molecule has 36 heavy (non-hydrogen) atoms. The molecule has 0 aliphatic heterocycles. The van der Waals surface area contributed by atoms with Crippen molar-refractivity contribution < 1.29 is 4.79 Å². The van der Waals surface area contributed by atoms with Crippen LogP contribution in [-0.2, 0) is 4.79 Å². The van der Waals surface area contributed by atoms with Crippen LogP contribution in [0.3, 0.4) is 0 Å². The molecule has 2 N–H and O–H groups in total. The second kappa shape index (κ2) is 12.9. The first kappa shape index (κ1) is 27.7. The molecular weight excluding hydrogens is 472 g/mol. The van der Waals surface area contributed by atoms with Gasteiger partial charge in [0.25, 0.3) is 0 Å². The number of aromatic nitrogens is 4. The summed E-state index contributed by atoms with van der Waals surface area (Å²) in [6.07, 6.45) is 9.97. The Morgan fingerprint density at radius 3 is 2.50 bits per heavy atom. The van der Waals surface area contributed by atoms with Gasteiger partial charge in [-0.2, -0.15) is 10.2 Å². The van der Waals surface area contributed by atoms with E-state index in [2.05, 4.69) is 46.4 Å². The van der Waals surface area contributed by atoms with Crippen molar-refractivity contribution in [3.8, 4) is 5.69 Å². The van der Waals surface area contributed by atoms with Crippen LogP contribution in [0.4, 0.5) is 5.82 Å². The summed E-state index contributed by atoms with van der Waals surface area (Å²) in [5, 5.41) is 15.1. The Balaban J connectivity index is 0.000000304. The van der Waals surface area contributed by atoms with E-state index in [1.165, 1.54) is 37.8 Å². The maximum atomic E-state index is 12.5. The molecule has 2 aromatic heterocycles. The van der Waals surface area contributed by atoms with Crippen molar-refractivity contribution in [3.63, 3.8) is 0 Å². The summed E-state index contributed by atoms with van der Waals surface area (Å²) >= 11 is 6.08. The van der Waals surface area contributed by atoms with Crippen molar-refractivity contribution >= 4 is 29.0 Å². The van der Waals surface area contributed by atoms with Crippen molar-refractivity contribution in [2.24, 2.45) is 10.9 Å². The van der Waals surface area contributed by atoms with Crippen LogP contribution in [0.25, 0.3) is 5.69 Å². The van der Waals surface area contributed by atoms with Crippen LogP contribution < -0.4 is 5.32 Å². The summed E-state index contributed by atoms with van der Waals surface area (Å²) < 4.78 is 1.75. The van der Waals surface area contributed by atoms with E-state index in [0.29, 0.717) is 11.7 Å². The smallest absolute Gasteiger partial charge is 0.232 e. The fourth-order valence-electron chi connectivity index (χ4n) is 3.55. The number of hydrogen-bond acceptors (Lipinski definition) is 4. The van der Waals surface area contributed by atoms with Gasteiger partial charge in [-0.1, -0.05) is 31.9 Å². The Bertz CT molecular complexity index is 1170. The molecule has 1 amide bonds. The van der Waals surface area contributed by atoms with E-state index in [4.69, 9.17) is 11.6 Å². The van der Waals surface area contributed by atoms with Gasteiger partial charge in [-0.05, 0) is 76.1 Å². The van der Waals surface area contributed by atoms with Crippen LogP contribution in [-0.4, -0.2) is 38.6 Å². The Labute approximate surface area is 219 Å². The number of nitrogens with one attached hydrogen (secondary N) is 2. The maximum absolute atomic E-state index is 12.5. The number of aryl methyl sites for hydroxylation is 1. The van der Waals surface area contributed by atoms with E-state index in [1.807, 2.05) is 51.4 Å². The zero-order valence-corrected chi connectivity index (χ0v) is 23.1. The molecule has 0 saturated heterocycles. The topological polar surface area (TPSA) is 88.0 Å². The number of carbonyl (C=O) groups is 1. The molecule has 1 atom stereocenters. The predicted molar refractivity (Wildman–Crippen MR) is 149 cm³/mol. The standard InChI is InChI=1S/C19H20ClN5O.C6H11N.C3H8/c1-11-7-15(5-6-16(11)20)25-10-14(9-21-25)12(2)19(26)22-18-8-17(23-24-18)13-3-4-13;1-5(7-2)6-3-4-6;1-3-2/h5-10,12-13H,3-4H2,1-2H3,(H2,22,23,24,26);6H,3-4H2,1-2H3;3H2,1-2H3. The highest BCUT2D eigenvalue weighted by Gasteiger charge is 2.26. The van der Waals surface area contributed by atoms with Crippen molar-refractivity contribution in [3.05, 3.63) is 58.5 Å². The van der Waals surface area contributed by atoms with Gasteiger partial charge in [0.05, 0.1) is 17.8 Å². The van der Waals surface area contributed by atoms with Crippen LogP contribution in [0, 0.1) is 12.8 Å². The second-order valence-electron chi connectivity index (χ2n) is 9.69. The minimum atomic E-state index is -0.335. The Kier molecular flexibility index (Phi) is 9.88. The lowest BCUT2D eigenvalue weighted by Gasteiger charge is -2.08. The largest absolute Gasteiger partial charge is 0.309 e. The average molecular weight is 511 g/mol. The first-order valence-corrected chi connectivity index (χ1v) is 13.3. The number of carbonyl (C=O) groups excluding carboxylic acids is 1. The van der Waals surface area contributed by atoms with Crippen LogP contribution in [0.1, 0.15) is 88.5 Å². The minimum absolute atomic E-state index is 0.106. The van der Waals surface area contributed by atoms with Gasteiger partial charge >= 0.3 is 0 Å². The molecule has 2 fully saturated rings. The highest BCUT2D eigenvalue weighted by molar-refractivity contribution is 6.31. The molecule has 1 aromatic carbocycles. The van der Waals surface area contributed by atoms with Crippen LogP contribution in [0.15, 0.2) is 41.7 Å². The van der Waals surface area contributed by atoms with Gasteiger partial charge < -0.3 is 5.32 Å². The Morgan fingerprint density at radius 2 is 1.94 bits per heavy atom. The molecule has 8 heteroatoms. The van der Waals surface area contributed by atoms with Crippen LogP contribution in [0.5, 0.6) is 0 Å². The molecule has 2 aliphatic rings. The molecule has 2 aliphatic carbocycles. The number of aliphatic imine (C=N–C) groups is 1. The molecule has 3 aromatic rings. The summed E-state index contributed by atoms with van der Waals surface area (Å²) in [7, 11) is 1.87. The number of rotatable bonds is 6. The van der Waals surface area contributed by atoms with E-state index in [0.717, 1.165) is 33.4 Å². The summed E-state index contributed by atoms with van der Waals surface area (Å²) in [5.74, 6) is 1.57. The zero-order chi connectivity index (χ0) is 26.2. The normalized spacial score (nSPS) is 15.8. The molecule has 2 heterocycles. The summed E-state index contributed by atoms with van der Waals surface area (Å²) in [6, 6.07) is 7.63. The highest BCUT2D eigenvalue weighted by Crippen LogP contribution is 2.39. The molecule has 0 spiro atoms. The number of hydrogen-bond donors (Lipinski definition) is 2. The van der Waals surface area contributed by atoms with Crippen molar-refractivity contribution in [1.82, 2.24) is 20.0 Å². The number of amides is 1. The highest BCUT2D eigenvalue weighted by atomic mass is 35.5. The van der Waals surface area contributed by atoms with E-state index >= 15 is 0 Å². The molecular formula is C28H39ClN6O. The quantitative estimate of drug-likeness (QED) is 0.347. The average Bonchev–Trinajstić information content (AvgIpc) is 3.80. The first-order valence-electron chi connectivity index (χ1n) is 12.9. The molecule has 7 nitrogen and oxygen atoms in total. The van der Waals surface area contributed by atoms with E-state index in [-0.39, 0.29) is 11.8 Å². The summed E-state index contributed by atoms with van der Waals surface area (Å²) in [6.45, 7) is 10.2. The van der Waals surface area contributed by atoms with E-state index in [9.17, 15) is 4.79 Å². The van der Waals surface area contributed by atoms with Crippen LogP contribution >= 0.6 is 11.6 Å². The summed E-state index contributed by atoms with van der Waals surface area (Å²) in [5.41, 5.74) is 5.16. The number of halogens is 1. The summed E-state index contributed by atoms with van der Waals surface area (Å²) in [4.78, 5) is 16.6. The van der Waals surface area contributed by atoms with Crippen molar-refractivity contribution in [2.45, 2.75) is 78.6 Å². The Morgan fingerprint density at radius 1 is 1.25 bits per heavy atom. The molecule has 5 rings (SSSR count). The monoisotopic (exact) mass is 510 g/mol. The molecule has 0 bridgehead atoms. The van der Waals surface area contributed by atoms with Gasteiger partial charge in [-0.25, -0.2) is 4.68 Å². The fourth-order valence-corrected chi connectivity index (χ4v) is 3.66. The molecule has 2 saturated carbocycles. The zero-order valence-electron chi connectivity index (χ0n) is 22.3. The van der Waals surface area contributed by atoms with E-state index in [1.54, 1.807) is 10.9 Å². The van der Waals surface area contributed by atoms with Gasteiger partial charge in [0, 0.05) is 47.2 Å². The lowest BCUT2D eigenvalue weighted by Crippen LogP contribution is -2.18. The Hall–Kier alpha value is -2.93. The number of nitrogens with zero attached hydrogens (tertiary/aromatic N) is 4. The minimum Gasteiger partial charge on any atom is -0.309 e. The first-order chi connectivity index (χ1) is 17.3. The lowest BCUT2D eigenvalue weighted by molar-refractivity contribution is -0.117. The second-order valence-corrected chi connectivity index (χ2v) is 10.1. The number of anilines is 1. The van der Waals surface area contributed by atoms with E-state index < -0.39 is 0 Å². The van der Waals surface area contributed by atoms with Gasteiger partial charge in [0.1, 0.15) is 0 Å². The lowest BCUT2D eigenvalue weighted by atomic mass is 10.0. The molecule has 1 unspecified atom stereocenters. The number of aromatic amines is 1. The predicted octanol–water partition coefficient (Wildman–Crippen LogP) is 7.08. The molecule has 0 radical (unpaired) electrons. The maximum Gasteiger partial charge on any atom is 0.232 e. The van der Waals surface area contributed by atoms with Gasteiger partial charge in [0.15, 0.2) is 5.82 Å². The third-order valence-electron chi connectivity index (χ3n) is 6.29. The number of H-pyrrole nitrogens is 1. The van der Waals surface area contributed by atoms with Crippen LogP contribution in [0.2, 0.25) is 5.02 Å². The molecule has 194 valence electrons. The SMILES string of the molecule is CCC.CN=C(C)C1CC1.Cc1cc(-n2cc(C(C)C(=O)Nc3cc(C4CC4)[nH]n3)cn2)ccc1Cl. The van der Waals surface area contributed by atoms with Gasteiger partial charge in [-0.3, -0.25) is 14.9 Å². The number of benzene rings is 1. The van der Waals surface area contributed by atoms with Crippen molar-refractivity contribution in [2.75, 3.05) is 12.4 Å². The third-order valence-corrected chi connectivity index (χ3v) is 6.71.